The Labute approximate surface area is 118 Å². The lowest BCUT2D eigenvalue weighted by molar-refractivity contribution is 0.242. The number of fused-ring (bicyclic) bond motifs is 1. The van der Waals surface area contributed by atoms with E-state index in [2.05, 4.69) is 32.5 Å². The van der Waals surface area contributed by atoms with Gasteiger partial charge in [0.05, 0.1) is 30.0 Å². The fourth-order valence-electron chi connectivity index (χ4n) is 2.68. The maximum Gasteiger partial charge on any atom is 0.0950 e. The van der Waals surface area contributed by atoms with Gasteiger partial charge in [-0.25, -0.2) is 0 Å². The normalized spacial score (nSPS) is 16.9. The van der Waals surface area contributed by atoms with Gasteiger partial charge in [0.2, 0.25) is 0 Å². The summed E-state index contributed by atoms with van der Waals surface area (Å²) in [6, 6.07) is 10.7. The van der Waals surface area contributed by atoms with Crippen molar-refractivity contribution in [2.75, 3.05) is 25.0 Å². The van der Waals surface area contributed by atoms with Crippen molar-refractivity contribution >= 4 is 16.6 Å². The Balaban J connectivity index is 1.70. The molecule has 1 saturated heterocycles. The van der Waals surface area contributed by atoms with E-state index in [1.807, 2.05) is 18.2 Å². The van der Waals surface area contributed by atoms with Gasteiger partial charge in [-0.05, 0) is 18.9 Å². The van der Waals surface area contributed by atoms with Crippen molar-refractivity contribution in [3.05, 3.63) is 30.5 Å². The number of hydrogen-bond acceptors (Lipinski definition) is 5. The molecule has 0 bridgehead atoms. The average molecular weight is 267 g/mol. The van der Waals surface area contributed by atoms with E-state index < -0.39 is 0 Å². The average Bonchev–Trinajstić information content (AvgIpc) is 2.50. The Bertz CT molecular complexity index is 620. The molecule has 0 atom stereocenters. The number of nitriles is 1. The molecule has 1 aliphatic heterocycles. The summed E-state index contributed by atoms with van der Waals surface area (Å²) in [5, 5.41) is 21.6. The molecule has 3 rings (SSSR count). The van der Waals surface area contributed by atoms with Gasteiger partial charge in [-0.2, -0.15) is 15.5 Å². The lowest BCUT2D eigenvalue weighted by Gasteiger charge is -2.31. The highest BCUT2D eigenvalue weighted by Crippen LogP contribution is 2.23. The van der Waals surface area contributed by atoms with Gasteiger partial charge >= 0.3 is 0 Å². The highest BCUT2D eigenvalue weighted by molar-refractivity contribution is 5.90. The van der Waals surface area contributed by atoms with Crippen LogP contribution in [0.4, 0.5) is 5.69 Å². The third-order valence-corrected chi connectivity index (χ3v) is 3.79. The van der Waals surface area contributed by atoms with Gasteiger partial charge in [-0.3, -0.25) is 4.90 Å². The summed E-state index contributed by atoms with van der Waals surface area (Å²) < 4.78 is 0. The lowest BCUT2D eigenvalue weighted by atomic mass is 10.0. The molecule has 102 valence electrons. The smallest absolute Gasteiger partial charge is 0.0950 e. The molecule has 5 heteroatoms. The first kappa shape index (κ1) is 12.8. The molecule has 0 amide bonds. The summed E-state index contributed by atoms with van der Waals surface area (Å²) in [5.74, 6) is 0. The van der Waals surface area contributed by atoms with Crippen LogP contribution in [-0.4, -0.2) is 40.8 Å². The number of aromatic nitrogens is 2. The van der Waals surface area contributed by atoms with Crippen molar-refractivity contribution in [3.8, 4) is 6.07 Å². The molecule has 0 unspecified atom stereocenters. The van der Waals surface area contributed by atoms with E-state index in [0.29, 0.717) is 12.6 Å². The van der Waals surface area contributed by atoms with Gasteiger partial charge in [-0.1, -0.05) is 18.2 Å². The van der Waals surface area contributed by atoms with E-state index >= 15 is 0 Å². The summed E-state index contributed by atoms with van der Waals surface area (Å²) in [6.07, 6.45) is 3.90. The minimum atomic E-state index is 0.442. The molecule has 0 saturated carbocycles. The minimum Gasteiger partial charge on any atom is -0.380 e. The van der Waals surface area contributed by atoms with Crippen LogP contribution < -0.4 is 5.32 Å². The summed E-state index contributed by atoms with van der Waals surface area (Å²) >= 11 is 0. The molecule has 0 radical (unpaired) electrons. The van der Waals surface area contributed by atoms with Crippen LogP contribution in [0, 0.1) is 11.3 Å². The van der Waals surface area contributed by atoms with E-state index in [0.717, 1.165) is 42.5 Å². The highest BCUT2D eigenvalue weighted by Gasteiger charge is 2.19. The third-order valence-electron chi connectivity index (χ3n) is 3.79. The second-order valence-corrected chi connectivity index (χ2v) is 5.13. The quantitative estimate of drug-likeness (QED) is 0.862. The molecular weight excluding hydrogens is 250 g/mol. The predicted molar refractivity (Wildman–Crippen MR) is 78.2 cm³/mol. The Hall–Kier alpha value is -2.19. The predicted octanol–water partition coefficient (Wildman–Crippen LogP) is 2.03. The number of nitrogens with zero attached hydrogens (tertiary/aromatic N) is 4. The number of rotatable bonds is 3. The van der Waals surface area contributed by atoms with Crippen LogP contribution in [0.2, 0.25) is 0 Å². The number of likely N-dealkylation sites (tertiary alicyclic amines) is 1. The Morgan fingerprint density at radius 1 is 1.30 bits per heavy atom. The van der Waals surface area contributed by atoms with Gasteiger partial charge in [-0.15, -0.1) is 0 Å². The molecule has 1 fully saturated rings. The molecular formula is C15H17N5. The van der Waals surface area contributed by atoms with E-state index in [4.69, 9.17) is 5.26 Å². The maximum absolute atomic E-state index is 8.72. The summed E-state index contributed by atoms with van der Waals surface area (Å²) in [5.41, 5.74) is 1.97. The largest absolute Gasteiger partial charge is 0.380 e. The summed E-state index contributed by atoms with van der Waals surface area (Å²) in [4.78, 5) is 2.20. The Kier molecular flexibility index (Phi) is 3.75. The van der Waals surface area contributed by atoms with E-state index in [-0.39, 0.29) is 0 Å². The van der Waals surface area contributed by atoms with Crippen molar-refractivity contribution in [3.63, 3.8) is 0 Å². The van der Waals surface area contributed by atoms with Crippen LogP contribution in [0.1, 0.15) is 12.8 Å². The van der Waals surface area contributed by atoms with Crippen LogP contribution >= 0.6 is 0 Å². The standard InChI is InChI=1S/C15H17N5/c16-7-10-20-8-5-12(6-9-20)18-15-11-17-19-14-4-2-1-3-13(14)15/h1-4,11-12H,5-6,8-10H2,(H,18,19). The Morgan fingerprint density at radius 3 is 2.90 bits per heavy atom. The molecule has 2 heterocycles. The molecule has 5 nitrogen and oxygen atoms in total. The zero-order chi connectivity index (χ0) is 13.8. The third kappa shape index (κ3) is 2.70. The number of benzene rings is 1. The molecule has 1 aromatic heterocycles. The molecule has 0 spiro atoms. The summed E-state index contributed by atoms with van der Waals surface area (Å²) in [7, 11) is 0. The van der Waals surface area contributed by atoms with Gasteiger partial charge in [0.15, 0.2) is 0 Å². The van der Waals surface area contributed by atoms with Crippen molar-refractivity contribution in [2.24, 2.45) is 0 Å². The first-order valence-corrected chi connectivity index (χ1v) is 6.93. The van der Waals surface area contributed by atoms with E-state index in [1.165, 1.54) is 0 Å². The minimum absolute atomic E-state index is 0.442. The molecule has 20 heavy (non-hydrogen) atoms. The zero-order valence-corrected chi connectivity index (χ0v) is 11.3. The lowest BCUT2D eigenvalue weighted by Crippen LogP contribution is -2.39. The highest BCUT2D eigenvalue weighted by atomic mass is 15.1. The van der Waals surface area contributed by atoms with Crippen molar-refractivity contribution < 1.29 is 0 Å². The van der Waals surface area contributed by atoms with Gasteiger partial charge in [0.25, 0.3) is 0 Å². The molecule has 1 N–H and O–H groups in total. The number of piperidine rings is 1. The monoisotopic (exact) mass is 267 g/mol. The topological polar surface area (TPSA) is 64.8 Å². The number of anilines is 1. The van der Waals surface area contributed by atoms with Crippen molar-refractivity contribution in [2.45, 2.75) is 18.9 Å². The number of hydrogen-bond donors (Lipinski definition) is 1. The number of nitrogens with one attached hydrogen (secondary N) is 1. The van der Waals surface area contributed by atoms with Gasteiger partial charge in [0.1, 0.15) is 0 Å². The fourth-order valence-corrected chi connectivity index (χ4v) is 2.68. The van der Waals surface area contributed by atoms with Crippen LogP contribution in [0.3, 0.4) is 0 Å². The molecule has 2 aromatic rings. The molecule has 1 aromatic carbocycles. The zero-order valence-electron chi connectivity index (χ0n) is 11.3. The van der Waals surface area contributed by atoms with E-state index in [1.54, 1.807) is 6.20 Å². The van der Waals surface area contributed by atoms with Crippen molar-refractivity contribution in [1.29, 1.82) is 5.26 Å². The van der Waals surface area contributed by atoms with Crippen LogP contribution in [-0.2, 0) is 0 Å². The summed E-state index contributed by atoms with van der Waals surface area (Å²) in [6.45, 7) is 2.48. The first-order chi connectivity index (χ1) is 9.86. The molecule has 0 aliphatic carbocycles. The first-order valence-electron chi connectivity index (χ1n) is 6.93. The fraction of sp³-hybridized carbons (Fsp3) is 0.400. The second-order valence-electron chi connectivity index (χ2n) is 5.13. The van der Waals surface area contributed by atoms with Crippen LogP contribution in [0.25, 0.3) is 10.9 Å². The van der Waals surface area contributed by atoms with Crippen LogP contribution in [0.5, 0.6) is 0 Å². The Morgan fingerprint density at radius 2 is 2.10 bits per heavy atom. The van der Waals surface area contributed by atoms with Gasteiger partial charge in [0, 0.05) is 24.5 Å². The second kappa shape index (κ2) is 5.85. The van der Waals surface area contributed by atoms with Crippen LogP contribution in [0.15, 0.2) is 30.5 Å². The molecule has 1 aliphatic rings. The van der Waals surface area contributed by atoms with E-state index in [9.17, 15) is 0 Å². The van der Waals surface area contributed by atoms with Gasteiger partial charge < -0.3 is 5.32 Å². The van der Waals surface area contributed by atoms with Crippen molar-refractivity contribution in [1.82, 2.24) is 15.1 Å². The SMILES string of the molecule is N#CCN1CCC(Nc2cnnc3ccccc23)CC1. The maximum atomic E-state index is 8.72.